The Morgan fingerprint density at radius 1 is 1.16 bits per heavy atom. The van der Waals surface area contributed by atoms with E-state index in [1.807, 2.05) is 23.6 Å². The number of anilines is 1. The van der Waals surface area contributed by atoms with E-state index in [0.717, 1.165) is 40.7 Å². The number of benzene rings is 1. The van der Waals surface area contributed by atoms with Crippen LogP contribution in [0.4, 0.5) is 5.69 Å². The van der Waals surface area contributed by atoms with Gasteiger partial charge in [-0.25, -0.2) is 0 Å². The average molecular weight is 273 g/mol. The molecule has 19 heavy (non-hydrogen) atoms. The fourth-order valence-corrected chi connectivity index (χ4v) is 2.74. The third-order valence-electron chi connectivity index (χ3n) is 3.00. The summed E-state index contributed by atoms with van der Waals surface area (Å²) in [6.07, 6.45) is 2.92. The molecular formula is C13H15N5S. The molecule has 0 aliphatic heterocycles. The molecule has 2 N–H and O–H groups in total. The molecular weight excluding hydrogens is 258 g/mol. The first-order chi connectivity index (χ1) is 9.22. The van der Waals surface area contributed by atoms with Gasteiger partial charge in [0.25, 0.3) is 0 Å². The van der Waals surface area contributed by atoms with E-state index in [0.29, 0.717) is 0 Å². The molecule has 0 saturated carbocycles. The molecule has 2 heterocycles. The summed E-state index contributed by atoms with van der Waals surface area (Å²) in [6.45, 7) is 1.98. The summed E-state index contributed by atoms with van der Waals surface area (Å²) in [5.74, 6) is 0.940. The molecule has 0 radical (unpaired) electrons. The first-order valence-corrected chi connectivity index (χ1v) is 7.06. The minimum Gasteiger partial charge on any atom is -0.399 e. The topological polar surface area (TPSA) is 69.1 Å². The van der Waals surface area contributed by atoms with Crippen LogP contribution in [0.25, 0.3) is 4.96 Å². The molecule has 5 nitrogen and oxygen atoms in total. The van der Waals surface area contributed by atoms with Crippen LogP contribution in [0.3, 0.4) is 0 Å². The lowest BCUT2D eigenvalue weighted by molar-refractivity contribution is 0.732. The van der Waals surface area contributed by atoms with Crippen molar-refractivity contribution in [2.75, 3.05) is 5.73 Å². The number of aromatic nitrogens is 4. The van der Waals surface area contributed by atoms with Crippen LogP contribution in [-0.4, -0.2) is 19.8 Å². The molecule has 3 rings (SSSR count). The van der Waals surface area contributed by atoms with Gasteiger partial charge >= 0.3 is 0 Å². The van der Waals surface area contributed by atoms with Crippen LogP contribution < -0.4 is 5.73 Å². The SMILES string of the molecule is Cc1nn2c(CCCc3ccc(N)cc3)nnc2s1. The van der Waals surface area contributed by atoms with Gasteiger partial charge in [-0.05, 0) is 37.5 Å². The summed E-state index contributed by atoms with van der Waals surface area (Å²) in [6, 6.07) is 8.02. The summed E-state index contributed by atoms with van der Waals surface area (Å²) in [5, 5.41) is 13.7. The number of nitrogens with zero attached hydrogens (tertiary/aromatic N) is 4. The molecule has 0 aliphatic carbocycles. The number of aryl methyl sites for hydroxylation is 3. The second-order valence-corrected chi connectivity index (χ2v) is 5.69. The highest BCUT2D eigenvalue weighted by atomic mass is 32.1. The zero-order chi connectivity index (χ0) is 13.2. The number of fused-ring (bicyclic) bond motifs is 1. The van der Waals surface area contributed by atoms with Crippen LogP contribution in [0.2, 0.25) is 0 Å². The number of nitrogens with two attached hydrogens (primary N) is 1. The molecule has 6 heteroatoms. The predicted molar refractivity (Wildman–Crippen MR) is 76.3 cm³/mol. The molecule has 0 unspecified atom stereocenters. The zero-order valence-electron chi connectivity index (χ0n) is 10.7. The largest absolute Gasteiger partial charge is 0.399 e. The van der Waals surface area contributed by atoms with E-state index >= 15 is 0 Å². The van der Waals surface area contributed by atoms with E-state index in [9.17, 15) is 0 Å². The minimum atomic E-state index is 0.806. The Balaban J connectivity index is 1.64. The van der Waals surface area contributed by atoms with Crippen molar-refractivity contribution >= 4 is 22.0 Å². The standard InChI is InChI=1S/C13H15N5S/c1-9-17-18-12(15-16-13(18)19-9)4-2-3-10-5-7-11(14)8-6-10/h5-8H,2-4,14H2,1H3. The fraction of sp³-hybridized carbons (Fsp3) is 0.308. The van der Waals surface area contributed by atoms with Crippen molar-refractivity contribution in [3.8, 4) is 0 Å². The summed E-state index contributed by atoms with van der Waals surface area (Å²) >= 11 is 1.57. The first kappa shape index (κ1) is 12.1. The van der Waals surface area contributed by atoms with Crippen LogP contribution in [0.1, 0.15) is 22.8 Å². The number of nitrogen functional groups attached to an aromatic ring is 1. The maximum atomic E-state index is 5.67. The maximum absolute atomic E-state index is 5.67. The van der Waals surface area contributed by atoms with Gasteiger partial charge < -0.3 is 5.73 Å². The Hall–Kier alpha value is -1.95. The van der Waals surface area contributed by atoms with Crippen molar-refractivity contribution < 1.29 is 0 Å². The number of hydrogen-bond acceptors (Lipinski definition) is 5. The molecule has 1 aromatic carbocycles. The third-order valence-corrected chi connectivity index (χ3v) is 3.82. The van der Waals surface area contributed by atoms with Gasteiger partial charge in [0.2, 0.25) is 4.96 Å². The summed E-state index contributed by atoms with van der Waals surface area (Å²) in [7, 11) is 0. The molecule has 0 aliphatic rings. The first-order valence-electron chi connectivity index (χ1n) is 6.24. The second-order valence-electron chi connectivity index (χ2n) is 4.53. The Morgan fingerprint density at radius 2 is 1.95 bits per heavy atom. The molecule has 0 atom stereocenters. The smallest absolute Gasteiger partial charge is 0.234 e. The molecule has 98 valence electrons. The van der Waals surface area contributed by atoms with E-state index in [4.69, 9.17) is 5.73 Å². The minimum absolute atomic E-state index is 0.806. The Labute approximate surface area is 115 Å². The summed E-state index contributed by atoms with van der Waals surface area (Å²) < 4.78 is 1.85. The van der Waals surface area contributed by atoms with E-state index in [-0.39, 0.29) is 0 Å². The van der Waals surface area contributed by atoms with Gasteiger partial charge in [-0.2, -0.15) is 9.61 Å². The highest BCUT2D eigenvalue weighted by Gasteiger charge is 2.09. The van der Waals surface area contributed by atoms with Gasteiger partial charge in [0, 0.05) is 12.1 Å². The average Bonchev–Trinajstić information content (AvgIpc) is 2.92. The molecule has 0 saturated heterocycles. The van der Waals surface area contributed by atoms with Gasteiger partial charge in [0.05, 0.1) is 0 Å². The van der Waals surface area contributed by atoms with Crippen molar-refractivity contribution in [2.24, 2.45) is 0 Å². The van der Waals surface area contributed by atoms with Crippen molar-refractivity contribution in [3.05, 3.63) is 40.7 Å². The van der Waals surface area contributed by atoms with E-state index in [2.05, 4.69) is 27.4 Å². The Morgan fingerprint density at radius 3 is 2.74 bits per heavy atom. The van der Waals surface area contributed by atoms with Gasteiger partial charge in [0.15, 0.2) is 5.82 Å². The van der Waals surface area contributed by atoms with E-state index < -0.39 is 0 Å². The van der Waals surface area contributed by atoms with Gasteiger partial charge in [-0.15, -0.1) is 10.2 Å². The van der Waals surface area contributed by atoms with Gasteiger partial charge in [-0.3, -0.25) is 0 Å². The fourth-order valence-electron chi connectivity index (χ4n) is 2.04. The monoisotopic (exact) mass is 273 g/mol. The van der Waals surface area contributed by atoms with Crippen molar-refractivity contribution in [2.45, 2.75) is 26.2 Å². The van der Waals surface area contributed by atoms with Gasteiger partial charge in [0.1, 0.15) is 5.01 Å². The van der Waals surface area contributed by atoms with E-state index in [1.165, 1.54) is 5.56 Å². The lowest BCUT2D eigenvalue weighted by Crippen LogP contribution is -1.98. The maximum Gasteiger partial charge on any atom is 0.234 e. The Kier molecular flexibility index (Phi) is 3.16. The third kappa shape index (κ3) is 2.58. The number of hydrogen-bond donors (Lipinski definition) is 1. The van der Waals surface area contributed by atoms with Crippen molar-refractivity contribution in [3.63, 3.8) is 0 Å². The second kappa shape index (κ2) is 4.97. The summed E-state index contributed by atoms with van der Waals surface area (Å²) in [4.78, 5) is 0.875. The normalized spacial score (nSPS) is 11.2. The van der Waals surface area contributed by atoms with Crippen molar-refractivity contribution in [1.82, 2.24) is 19.8 Å². The van der Waals surface area contributed by atoms with Crippen LogP contribution in [-0.2, 0) is 12.8 Å². The Bertz CT molecular complexity index is 683. The quantitative estimate of drug-likeness (QED) is 0.740. The predicted octanol–water partition coefficient (Wildman–Crippen LogP) is 2.25. The molecule has 0 spiro atoms. The van der Waals surface area contributed by atoms with Crippen LogP contribution in [0, 0.1) is 6.92 Å². The van der Waals surface area contributed by atoms with Crippen LogP contribution >= 0.6 is 11.3 Å². The highest BCUT2D eigenvalue weighted by molar-refractivity contribution is 7.16. The molecule has 3 aromatic rings. The zero-order valence-corrected chi connectivity index (χ0v) is 11.5. The van der Waals surface area contributed by atoms with Crippen molar-refractivity contribution in [1.29, 1.82) is 0 Å². The molecule has 0 amide bonds. The summed E-state index contributed by atoms with van der Waals surface area (Å²) in [5.41, 5.74) is 7.77. The van der Waals surface area contributed by atoms with Gasteiger partial charge in [-0.1, -0.05) is 23.5 Å². The molecule has 2 aromatic heterocycles. The lowest BCUT2D eigenvalue weighted by Gasteiger charge is -2.01. The highest BCUT2D eigenvalue weighted by Crippen LogP contribution is 2.14. The van der Waals surface area contributed by atoms with E-state index in [1.54, 1.807) is 11.3 Å². The van der Waals surface area contributed by atoms with Crippen LogP contribution in [0.5, 0.6) is 0 Å². The lowest BCUT2D eigenvalue weighted by atomic mass is 10.1. The number of rotatable bonds is 4. The molecule has 0 fully saturated rings. The molecule has 0 bridgehead atoms. The van der Waals surface area contributed by atoms with Crippen LogP contribution in [0.15, 0.2) is 24.3 Å².